The van der Waals surface area contributed by atoms with Crippen LogP contribution in [0, 0.1) is 0 Å². The maximum absolute atomic E-state index is 12.8. The van der Waals surface area contributed by atoms with Gasteiger partial charge in [0.05, 0.1) is 30.7 Å². The van der Waals surface area contributed by atoms with Crippen molar-refractivity contribution in [2.75, 3.05) is 19.7 Å². The number of carbonyl (C=O) groups is 1. The molecule has 1 amide bonds. The van der Waals surface area contributed by atoms with Crippen molar-refractivity contribution in [3.63, 3.8) is 0 Å². The average Bonchev–Trinajstić information content (AvgIpc) is 3.19. The lowest BCUT2D eigenvalue weighted by Gasteiger charge is -2.32. The van der Waals surface area contributed by atoms with Crippen LogP contribution in [-0.4, -0.2) is 55.7 Å². The minimum Gasteiger partial charge on any atom is -0.368 e. The Morgan fingerprint density at radius 1 is 1.24 bits per heavy atom. The summed E-state index contributed by atoms with van der Waals surface area (Å²) < 4.78 is 5.72. The summed E-state index contributed by atoms with van der Waals surface area (Å²) in [5.41, 5.74) is 2.71. The molecule has 1 N–H and O–H groups in total. The topological polar surface area (TPSA) is 96.9 Å². The van der Waals surface area contributed by atoms with Gasteiger partial charge in [-0.25, -0.2) is 0 Å². The quantitative estimate of drug-likeness (QED) is 0.778. The number of ether oxygens (including phenoxy) is 1. The van der Waals surface area contributed by atoms with Crippen LogP contribution in [0.5, 0.6) is 0 Å². The number of carbonyl (C=O) groups excluding carboxylic acids is 1. The van der Waals surface area contributed by atoms with E-state index in [1.807, 2.05) is 12.1 Å². The molecule has 0 spiro atoms. The number of H-pyrrole nitrogens is 1. The third kappa shape index (κ3) is 3.24. The number of rotatable bonds is 3. The van der Waals surface area contributed by atoms with Gasteiger partial charge in [0, 0.05) is 36.9 Å². The third-order valence-corrected chi connectivity index (χ3v) is 4.03. The highest BCUT2D eigenvalue weighted by Crippen LogP contribution is 2.22. The van der Waals surface area contributed by atoms with E-state index in [9.17, 15) is 4.79 Å². The Morgan fingerprint density at radius 3 is 2.96 bits per heavy atom. The summed E-state index contributed by atoms with van der Waals surface area (Å²) >= 11 is 0. The number of pyridine rings is 1. The van der Waals surface area contributed by atoms with Crippen LogP contribution in [0.1, 0.15) is 22.3 Å². The van der Waals surface area contributed by atoms with Crippen molar-refractivity contribution in [1.82, 2.24) is 30.0 Å². The lowest BCUT2D eigenvalue weighted by Crippen LogP contribution is -2.42. The second kappa shape index (κ2) is 6.78. The first-order valence-corrected chi connectivity index (χ1v) is 7.94. The highest BCUT2D eigenvalue weighted by Gasteiger charge is 2.28. The van der Waals surface area contributed by atoms with Gasteiger partial charge in [-0.05, 0) is 18.2 Å². The minimum absolute atomic E-state index is 0.111. The SMILES string of the molecule is O=C(c1cc(-c2cccnc2)n[nH]1)N1CCO[C@H](c2cnccn2)C1. The Balaban J connectivity index is 1.50. The summed E-state index contributed by atoms with van der Waals surface area (Å²) in [6.45, 7) is 1.41. The number of nitrogens with zero attached hydrogens (tertiary/aromatic N) is 5. The number of aromatic amines is 1. The number of morpholine rings is 1. The van der Waals surface area contributed by atoms with E-state index in [1.54, 1.807) is 42.0 Å². The van der Waals surface area contributed by atoms with E-state index >= 15 is 0 Å². The fourth-order valence-electron chi connectivity index (χ4n) is 2.75. The first-order valence-electron chi connectivity index (χ1n) is 7.94. The first kappa shape index (κ1) is 15.4. The summed E-state index contributed by atoms with van der Waals surface area (Å²) in [5, 5.41) is 7.03. The number of nitrogens with one attached hydrogen (secondary N) is 1. The van der Waals surface area contributed by atoms with E-state index < -0.39 is 0 Å². The summed E-state index contributed by atoms with van der Waals surface area (Å²) in [6.07, 6.45) is 8.03. The molecule has 126 valence electrons. The van der Waals surface area contributed by atoms with Crippen LogP contribution in [0.25, 0.3) is 11.3 Å². The van der Waals surface area contributed by atoms with Crippen LogP contribution in [0.4, 0.5) is 0 Å². The summed E-state index contributed by atoms with van der Waals surface area (Å²) in [4.78, 5) is 26.9. The lowest BCUT2D eigenvalue weighted by atomic mass is 10.2. The van der Waals surface area contributed by atoms with Crippen molar-refractivity contribution in [3.8, 4) is 11.3 Å². The molecule has 1 aliphatic rings. The molecular formula is C17H16N6O2. The van der Waals surface area contributed by atoms with Crippen molar-refractivity contribution in [3.05, 3.63) is 60.6 Å². The van der Waals surface area contributed by atoms with E-state index in [2.05, 4.69) is 25.1 Å². The molecule has 4 heterocycles. The number of aromatic nitrogens is 5. The average molecular weight is 336 g/mol. The molecule has 1 aliphatic heterocycles. The number of amides is 1. The van der Waals surface area contributed by atoms with E-state index in [0.29, 0.717) is 31.1 Å². The van der Waals surface area contributed by atoms with Gasteiger partial charge in [-0.3, -0.25) is 24.8 Å². The fourth-order valence-corrected chi connectivity index (χ4v) is 2.75. The molecule has 3 aromatic rings. The highest BCUT2D eigenvalue weighted by atomic mass is 16.5. The van der Waals surface area contributed by atoms with E-state index in [0.717, 1.165) is 11.3 Å². The van der Waals surface area contributed by atoms with Crippen LogP contribution < -0.4 is 0 Å². The molecule has 8 heteroatoms. The first-order chi connectivity index (χ1) is 12.3. The van der Waals surface area contributed by atoms with Crippen LogP contribution >= 0.6 is 0 Å². The van der Waals surface area contributed by atoms with Crippen molar-refractivity contribution >= 4 is 5.91 Å². The molecule has 8 nitrogen and oxygen atoms in total. The zero-order valence-corrected chi connectivity index (χ0v) is 13.4. The third-order valence-electron chi connectivity index (χ3n) is 4.03. The predicted molar refractivity (Wildman–Crippen MR) is 88.4 cm³/mol. The molecule has 0 bridgehead atoms. The van der Waals surface area contributed by atoms with Gasteiger partial charge in [0.2, 0.25) is 0 Å². The van der Waals surface area contributed by atoms with E-state index in [1.165, 1.54) is 0 Å². The summed E-state index contributed by atoms with van der Waals surface area (Å²) in [5.74, 6) is -0.111. The number of hydrogen-bond acceptors (Lipinski definition) is 6. The maximum Gasteiger partial charge on any atom is 0.272 e. The molecule has 0 unspecified atom stereocenters. The summed E-state index contributed by atoms with van der Waals surface area (Å²) in [6, 6.07) is 5.47. The standard InChI is InChI=1S/C17H16N6O2/c24-17(14-8-13(21-22-14)12-2-1-3-18-9-12)23-6-7-25-16(11-23)15-10-19-4-5-20-15/h1-5,8-10,16H,6-7,11H2,(H,21,22)/t16-/m0/s1. The molecule has 0 radical (unpaired) electrons. The molecule has 0 saturated carbocycles. The van der Waals surface area contributed by atoms with Crippen LogP contribution in [0.2, 0.25) is 0 Å². The highest BCUT2D eigenvalue weighted by molar-refractivity contribution is 5.93. The molecule has 0 aliphatic carbocycles. The fraction of sp³-hybridized carbons (Fsp3) is 0.235. The van der Waals surface area contributed by atoms with Crippen molar-refractivity contribution < 1.29 is 9.53 Å². The van der Waals surface area contributed by atoms with Gasteiger partial charge in [-0.2, -0.15) is 5.10 Å². The van der Waals surface area contributed by atoms with E-state index in [-0.39, 0.29) is 12.0 Å². The molecule has 1 saturated heterocycles. The zero-order chi connectivity index (χ0) is 17.1. The normalized spacial score (nSPS) is 17.4. The largest absolute Gasteiger partial charge is 0.368 e. The van der Waals surface area contributed by atoms with Gasteiger partial charge < -0.3 is 9.64 Å². The van der Waals surface area contributed by atoms with Crippen molar-refractivity contribution in [1.29, 1.82) is 0 Å². The Bertz CT molecular complexity index is 852. The smallest absolute Gasteiger partial charge is 0.272 e. The Kier molecular flexibility index (Phi) is 4.17. The molecule has 4 rings (SSSR count). The van der Waals surface area contributed by atoms with Gasteiger partial charge in [0.25, 0.3) is 5.91 Å². The van der Waals surface area contributed by atoms with Gasteiger partial charge in [-0.15, -0.1) is 0 Å². The second-order valence-corrected chi connectivity index (χ2v) is 5.65. The van der Waals surface area contributed by atoms with Crippen LogP contribution in [0.15, 0.2) is 49.2 Å². The molecule has 0 aromatic carbocycles. The lowest BCUT2D eigenvalue weighted by molar-refractivity contribution is -0.0250. The molecule has 1 fully saturated rings. The molecule has 3 aromatic heterocycles. The maximum atomic E-state index is 12.8. The Morgan fingerprint density at radius 2 is 2.16 bits per heavy atom. The molecule has 1 atom stereocenters. The van der Waals surface area contributed by atoms with Crippen LogP contribution in [0.3, 0.4) is 0 Å². The van der Waals surface area contributed by atoms with Crippen LogP contribution in [-0.2, 0) is 4.74 Å². The minimum atomic E-state index is -0.271. The Labute approximate surface area is 143 Å². The van der Waals surface area contributed by atoms with Crippen molar-refractivity contribution in [2.45, 2.75) is 6.10 Å². The molecule has 25 heavy (non-hydrogen) atoms. The van der Waals surface area contributed by atoms with E-state index in [4.69, 9.17) is 4.74 Å². The van der Waals surface area contributed by atoms with Gasteiger partial charge in [0.15, 0.2) is 0 Å². The monoisotopic (exact) mass is 336 g/mol. The predicted octanol–water partition coefficient (Wildman–Crippen LogP) is 1.48. The van der Waals surface area contributed by atoms with Gasteiger partial charge in [-0.1, -0.05) is 0 Å². The number of hydrogen-bond donors (Lipinski definition) is 1. The molecular weight excluding hydrogens is 320 g/mol. The van der Waals surface area contributed by atoms with Gasteiger partial charge in [0.1, 0.15) is 11.8 Å². The van der Waals surface area contributed by atoms with Crippen molar-refractivity contribution in [2.24, 2.45) is 0 Å². The zero-order valence-electron chi connectivity index (χ0n) is 13.4. The van der Waals surface area contributed by atoms with Gasteiger partial charge >= 0.3 is 0 Å². The second-order valence-electron chi connectivity index (χ2n) is 5.65. The Hall–Kier alpha value is -3.13. The summed E-state index contributed by atoms with van der Waals surface area (Å²) in [7, 11) is 0.